The average molecular weight is 312 g/mol. The molecule has 4 nitrogen and oxygen atoms in total. The van der Waals surface area contributed by atoms with Gasteiger partial charge in [0.2, 0.25) is 5.91 Å². The smallest absolute Gasteiger partial charge is 0.233 e. The van der Waals surface area contributed by atoms with E-state index in [1.807, 2.05) is 36.4 Å². The molecule has 2 N–H and O–H groups in total. The topological polar surface area (TPSA) is 52.6 Å². The van der Waals surface area contributed by atoms with Crippen molar-refractivity contribution >= 4 is 5.91 Å². The van der Waals surface area contributed by atoms with Crippen LogP contribution in [0.15, 0.2) is 60.7 Å². The Morgan fingerprint density at radius 1 is 1.04 bits per heavy atom. The van der Waals surface area contributed by atoms with Crippen molar-refractivity contribution in [3.05, 3.63) is 71.8 Å². The lowest BCUT2D eigenvalue weighted by Crippen LogP contribution is -2.39. The number of nitrogens with zero attached hydrogens (tertiary/aromatic N) is 1. The van der Waals surface area contributed by atoms with Crippen LogP contribution in [0.3, 0.4) is 0 Å². The van der Waals surface area contributed by atoms with E-state index in [1.54, 1.807) is 7.05 Å². The molecular formula is C19H24N2O2. The average Bonchev–Trinajstić information content (AvgIpc) is 2.61. The maximum Gasteiger partial charge on any atom is 0.233 e. The fraction of sp³-hybridized carbons (Fsp3) is 0.316. The van der Waals surface area contributed by atoms with E-state index in [9.17, 15) is 9.90 Å². The van der Waals surface area contributed by atoms with Gasteiger partial charge in [0.15, 0.2) is 0 Å². The molecular weight excluding hydrogens is 288 g/mol. The highest BCUT2D eigenvalue weighted by Crippen LogP contribution is 2.28. The number of likely N-dealkylation sites (N-methyl/N-ethyl adjacent to an activating group) is 1. The van der Waals surface area contributed by atoms with Crippen LogP contribution in [0.4, 0.5) is 0 Å². The van der Waals surface area contributed by atoms with E-state index < -0.39 is 0 Å². The van der Waals surface area contributed by atoms with Crippen molar-refractivity contribution in [2.45, 2.75) is 12.5 Å². The van der Waals surface area contributed by atoms with E-state index in [-0.39, 0.29) is 18.6 Å². The van der Waals surface area contributed by atoms with E-state index in [0.29, 0.717) is 19.5 Å². The number of benzene rings is 2. The molecule has 0 radical (unpaired) electrons. The summed E-state index contributed by atoms with van der Waals surface area (Å²) < 4.78 is 0. The lowest BCUT2D eigenvalue weighted by molar-refractivity contribution is -0.122. The molecule has 0 aliphatic heterocycles. The molecule has 0 atom stereocenters. The summed E-state index contributed by atoms with van der Waals surface area (Å²) in [5.41, 5.74) is 2.28. The van der Waals surface area contributed by atoms with Crippen LogP contribution < -0.4 is 5.32 Å². The molecule has 122 valence electrons. The van der Waals surface area contributed by atoms with Crippen molar-refractivity contribution < 1.29 is 9.90 Å². The molecule has 0 aliphatic rings. The zero-order chi connectivity index (χ0) is 16.5. The SMILES string of the molecule is CNC(=O)CN(CCCO)C(c1ccccc1)c1ccccc1. The summed E-state index contributed by atoms with van der Waals surface area (Å²) >= 11 is 0. The van der Waals surface area contributed by atoms with Crippen molar-refractivity contribution in [3.63, 3.8) is 0 Å². The van der Waals surface area contributed by atoms with Gasteiger partial charge in [-0.15, -0.1) is 0 Å². The lowest BCUT2D eigenvalue weighted by Gasteiger charge is -2.32. The van der Waals surface area contributed by atoms with Gasteiger partial charge in [0.25, 0.3) is 0 Å². The minimum absolute atomic E-state index is 0.0127. The molecule has 0 heterocycles. The molecule has 4 heteroatoms. The van der Waals surface area contributed by atoms with E-state index in [4.69, 9.17) is 0 Å². The number of aliphatic hydroxyl groups is 1. The van der Waals surface area contributed by atoms with Gasteiger partial charge in [-0.2, -0.15) is 0 Å². The van der Waals surface area contributed by atoms with Gasteiger partial charge < -0.3 is 10.4 Å². The molecule has 0 fully saturated rings. The number of aliphatic hydroxyl groups excluding tert-OH is 1. The molecule has 23 heavy (non-hydrogen) atoms. The molecule has 0 saturated heterocycles. The first-order valence-electron chi connectivity index (χ1n) is 7.91. The first-order valence-corrected chi connectivity index (χ1v) is 7.91. The van der Waals surface area contributed by atoms with Crippen LogP contribution >= 0.6 is 0 Å². The highest BCUT2D eigenvalue weighted by molar-refractivity contribution is 5.77. The number of rotatable bonds is 8. The zero-order valence-electron chi connectivity index (χ0n) is 13.5. The molecule has 0 unspecified atom stereocenters. The van der Waals surface area contributed by atoms with Crippen LogP contribution in [0, 0.1) is 0 Å². The third kappa shape index (κ3) is 4.91. The van der Waals surface area contributed by atoms with E-state index in [2.05, 4.69) is 34.5 Å². The number of hydrogen-bond donors (Lipinski definition) is 2. The molecule has 2 rings (SSSR count). The Labute approximate surface area is 137 Å². The van der Waals surface area contributed by atoms with Crippen LogP contribution in [0.5, 0.6) is 0 Å². The van der Waals surface area contributed by atoms with Crippen LogP contribution in [-0.4, -0.2) is 42.7 Å². The van der Waals surface area contributed by atoms with Crippen LogP contribution in [0.25, 0.3) is 0 Å². The number of carbonyl (C=O) groups is 1. The first kappa shape index (κ1) is 17.2. The van der Waals surface area contributed by atoms with Gasteiger partial charge in [-0.1, -0.05) is 60.7 Å². The Balaban J connectivity index is 2.37. The van der Waals surface area contributed by atoms with Crippen molar-refractivity contribution in [1.82, 2.24) is 10.2 Å². The van der Waals surface area contributed by atoms with Crippen molar-refractivity contribution in [3.8, 4) is 0 Å². The Hall–Kier alpha value is -2.17. The highest BCUT2D eigenvalue weighted by atomic mass is 16.3. The Kier molecular flexibility index (Phi) is 6.78. The molecule has 0 saturated carbocycles. The predicted octanol–water partition coefficient (Wildman–Crippen LogP) is 2.21. The van der Waals surface area contributed by atoms with Gasteiger partial charge in [-0.25, -0.2) is 0 Å². The summed E-state index contributed by atoms with van der Waals surface area (Å²) in [6.07, 6.45) is 0.632. The van der Waals surface area contributed by atoms with E-state index >= 15 is 0 Å². The van der Waals surface area contributed by atoms with Crippen LogP contribution in [0.2, 0.25) is 0 Å². The normalized spacial score (nSPS) is 11.0. The highest BCUT2D eigenvalue weighted by Gasteiger charge is 2.23. The van der Waals surface area contributed by atoms with Crippen molar-refractivity contribution in [2.24, 2.45) is 0 Å². The molecule has 0 bridgehead atoms. The van der Waals surface area contributed by atoms with Crippen molar-refractivity contribution in [2.75, 3.05) is 26.7 Å². The van der Waals surface area contributed by atoms with E-state index in [0.717, 1.165) is 11.1 Å². The molecule has 0 aliphatic carbocycles. The van der Waals surface area contributed by atoms with Gasteiger partial charge in [-0.3, -0.25) is 9.69 Å². The number of nitrogens with one attached hydrogen (secondary N) is 1. The Morgan fingerprint density at radius 3 is 2.00 bits per heavy atom. The maximum absolute atomic E-state index is 11.9. The second-order valence-corrected chi connectivity index (χ2v) is 5.44. The van der Waals surface area contributed by atoms with Crippen LogP contribution in [-0.2, 0) is 4.79 Å². The largest absolute Gasteiger partial charge is 0.396 e. The minimum Gasteiger partial charge on any atom is -0.396 e. The molecule has 0 spiro atoms. The summed E-state index contributed by atoms with van der Waals surface area (Å²) in [6, 6.07) is 20.3. The lowest BCUT2D eigenvalue weighted by atomic mass is 9.96. The standard InChI is InChI=1S/C19H24N2O2/c1-20-18(23)15-21(13-8-14-22)19(16-9-4-2-5-10-16)17-11-6-3-7-12-17/h2-7,9-12,19,22H,8,13-15H2,1H3,(H,20,23). The summed E-state index contributed by atoms with van der Waals surface area (Å²) in [5.74, 6) is -0.0280. The Bertz CT molecular complexity index is 547. The van der Waals surface area contributed by atoms with Crippen LogP contribution in [0.1, 0.15) is 23.6 Å². The van der Waals surface area contributed by atoms with Gasteiger partial charge >= 0.3 is 0 Å². The van der Waals surface area contributed by atoms with Crippen molar-refractivity contribution in [1.29, 1.82) is 0 Å². The third-order valence-corrected chi connectivity index (χ3v) is 3.82. The maximum atomic E-state index is 11.9. The minimum atomic E-state index is -0.0280. The Morgan fingerprint density at radius 2 is 1.57 bits per heavy atom. The summed E-state index contributed by atoms with van der Waals surface area (Å²) in [4.78, 5) is 14.0. The summed E-state index contributed by atoms with van der Waals surface area (Å²) in [5, 5.41) is 11.9. The zero-order valence-corrected chi connectivity index (χ0v) is 13.5. The second kappa shape index (κ2) is 9.08. The van der Waals surface area contributed by atoms with Gasteiger partial charge in [0.1, 0.15) is 0 Å². The first-order chi connectivity index (χ1) is 11.3. The molecule has 0 aromatic heterocycles. The predicted molar refractivity (Wildman–Crippen MR) is 92.1 cm³/mol. The molecule has 2 aromatic carbocycles. The fourth-order valence-corrected chi connectivity index (χ4v) is 2.72. The monoisotopic (exact) mass is 312 g/mol. The number of hydrogen-bond acceptors (Lipinski definition) is 3. The number of amides is 1. The summed E-state index contributed by atoms with van der Waals surface area (Å²) in [7, 11) is 1.65. The summed E-state index contributed by atoms with van der Waals surface area (Å²) in [6.45, 7) is 1.06. The number of carbonyl (C=O) groups excluding carboxylic acids is 1. The third-order valence-electron chi connectivity index (χ3n) is 3.82. The molecule has 1 amide bonds. The van der Waals surface area contributed by atoms with E-state index in [1.165, 1.54) is 0 Å². The molecule has 2 aromatic rings. The van der Waals surface area contributed by atoms with Gasteiger partial charge in [-0.05, 0) is 17.5 Å². The quantitative estimate of drug-likeness (QED) is 0.786. The van der Waals surface area contributed by atoms with Gasteiger partial charge in [0, 0.05) is 20.2 Å². The fourth-order valence-electron chi connectivity index (χ4n) is 2.72. The van der Waals surface area contributed by atoms with Gasteiger partial charge in [0.05, 0.1) is 12.6 Å². The second-order valence-electron chi connectivity index (χ2n) is 5.44.